The first-order valence-electron chi connectivity index (χ1n) is 7.75. The zero-order chi connectivity index (χ0) is 17.7. The van der Waals surface area contributed by atoms with Gasteiger partial charge in [-0.25, -0.2) is 8.42 Å². The number of hydrazine groups is 1. The van der Waals surface area contributed by atoms with Crippen molar-refractivity contribution in [3.8, 4) is 11.1 Å². The number of rotatable bonds is 6. The average molecular weight is 350 g/mol. The van der Waals surface area contributed by atoms with Crippen LogP contribution in [-0.4, -0.2) is 8.42 Å². The van der Waals surface area contributed by atoms with Crippen LogP contribution in [0.4, 0.5) is 5.69 Å². The summed E-state index contributed by atoms with van der Waals surface area (Å²) in [6.07, 6.45) is 1.69. The number of nitrogens with one attached hydrogen (secondary N) is 2. The highest BCUT2D eigenvalue weighted by atomic mass is 32.2. The van der Waals surface area contributed by atoms with Gasteiger partial charge in [0.05, 0.1) is 4.90 Å². The van der Waals surface area contributed by atoms with Crippen LogP contribution >= 0.6 is 0 Å². The molecule has 0 spiro atoms. The lowest BCUT2D eigenvalue weighted by molar-refractivity contribution is 0.588. The molecule has 0 saturated carbocycles. The average Bonchev–Trinajstić information content (AvgIpc) is 2.67. The van der Waals surface area contributed by atoms with Gasteiger partial charge >= 0.3 is 0 Å². The fourth-order valence-electron chi connectivity index (χ4n) is 2.45. The first kappa shape index (κ1) is 17.0. The van der Waals surface area contributed by atoms with Gasteiger partial charge in [0.25, 0.3) is 10.0 Å². The number of hydrogen-bond acceptors (Lipinski definition) is 3. The summed E-state index contributed by atoms with van der Waals surface area (Å²) in [5, 5.41) is 0. The van der Waals surface area contributed by atoms with Crippen molar-refractivity contribution in [2.75, 3.05) is 5.43 Å². The summed E-state index contributed by atoms with van der Waals surface area (Å²) in [4.78, 5) is 2.64. The van der Waals surface area contributed by atoms with Crippen LogP contribution in [0.2, 0.25) is 0 Å². The van der Waals surface area contributed by atoms with Crippen molar-refractivity contribution in [2.24, 2.45) is 0 Å². The van der Waals surface area contributed by atoms with E-state index in [9.17, 15) is 8.42 Å². The Labute approximate surface area is 147 Å². The zero-order valence-corrected chi connectivity index (χ0v) is 14.3. The SMILES string of the molecule is C=Cc1ccc(S(=O)(=O)NNc2ccccc2)c(-c2ccccc2)c1. The number of sulfonamides is 1. The van der Waals surface area contributed by atoms with E-state index in [2.05, 4.69) is 16.8 Å². The minimum Gasteiger partial charge on any atom is -0.308 e. The first-order chi connectivity index (χ1) is 12.1. The van der Waals surface area contributed by atoms with Crippen LogP contribution in [0.25, 0.3) is 17.2 Å². The first-order valence-corrected chi connectivity index (χ1v) is 9.23. The van der Waals surface area contributed by atoms with Crippen molar-refractivity contribution in [3.63, 3.8) is 0 Å². The number of para-hydroxylation sites is 1. The Bertz CT molecular complexity index is 969. The molecule has 0 fully saturated rings. The monoisotopic (exact) mass is 350 g/mol. The lowest BCUT2D eigenvalue weighted by atomic mass is 10.0. The third-order valence-corrected chi connectivity index (χ3v) is 5.02. The molecule has 4 nitrogen and oxygen atoms in total. The molecule has 0 atom stereocenters. The molecule has 3 aromatic rings. The minimum absolute atomic E-state index is 0.202. The van der Waals surface area contributed by atoms with E-state index in [0.29, 0.717) is 11.3 Å². The Hall–Kier alpha value is -2.89. The fourth-order valence-corrected chi connectivity index (χ4v) is 3.53. The smallest absolute Gasteiger partial charge is 0.257 e. The van der Waals surface area contributed by atoms with E-state index in [1.165, 1.54) is 0 Å². The maximum Gasteiger partial charge on any atom is 0.257 e. The molecule has 0 aliphatic rings. The fraction of sp³-hybridized carbons (Fsp3) is 0. The molecular weight excluding hydrogens is 332 g/mol. The molecule has 0 aromatic heterocycles. The van der Waals surface area contributed by atoms with Crippen LogP contribution in [0, 0.1) is 0 Å². The number of hydrogen-bond donors (Lipinski definition) is 2. The molecule has 2 N–H and O–H groups in total. The molecule has 126 valence electrons. The van der Waals surface area contributed by atoms with E-state index < -0.39 is 10.0 Å². The lowest BCUT2D eigenvalue weighted by Crippen LogP contribution is -2.29. The summed E-state index contributed by atoms with van der Waals surface area (Å²) >= 11 is 0. The summed E-state index contributed by atoms with van der Waals surface area (Å²) in [6.45, 7) is 3.76. The predicted octanol–water partition coefficient (Wildman–Crippen LogP) is 4.30. The van der Waals surface area contributed by atoms with Crippen molar-refractivity contribution < 1.29 is 8.42 Å². The van der Waals surface area contributed by atoms with Crippen molar-refractivity contribution in [3.05, 3.63) is 91.0 Å². The number of benzene rings is 3. The Morgan fingerprint density at radius 2 is 1.48 bits per heavy atom. The van der Waals surface area contributed by atoms with Crippen LogP contribution in [-0.2, 0) is 10.0 Å². The second-order valence-electron chi connectivity index (χ2n) is 5.42. The molecule has 5 heteroatoms. The van der Waals surface area contributed by atoms with Crippen LogP contribution in [0.3, 0.4) is 0 Å². The Kier molecular flexibility index (Phi) is 4.97. The highest BCUT2D eigenvalue weighted by Gasteiger charge is 2.19. The highest BCUT2D eigenvalue weighted by molar-refractivity contribution is 7.89. The maximum absolute atomic E-state index is 12.8. The maximum atomic E-state index is 12.8. The van der Waals surface area contributed by atoms with Gasteiger partial charge in [0.1, 0.15) is 0 Å². The van der Waals surface area contributed by atoms with Crippen LogP contribution in [0.1, 0.15) is 5.56 Å². The third kappa shape index (κ3) is 3.96. The third-order valence-electron chi connectivity index (χ3n) is 3.72. The molecule has 3 rings (SSSR count). The minimum atomic E-state index is -3.76. The van der Waals surface area contributed by atoms with E-state index in [-0.39, 0.29) is 4.90 Å². The van der Waals surface area contributed by atoms with Gasteiger partial charge in [0, 0.05) is 11.3 Å². The predicted molar refractivity (Wildman–Crippen MR) is 102 cm³/mol. The molecule has 0 saturated heterocycles. The topological polar surface area (TPSA) is 58.2 Å². The van der Waals surface area contributed by atoms with Crippen molar-refractivity contribution >= 4 is 21.8 Å². The molecule has 0 heterocycles. The van der Waals surface area contributed by atoms with Crippen molar-refractivity contribution in [1.29, 1.82) is 0 Å². The van der Waals surface area contributed by atoms with Crippen molar-refractivity contribution in [1.82, 2.24) is 4.83 Å². The summed E-state index contributed by atoms with van der Waals surface area (Å²) in [5.41, 5.74) is 5.70. The van der Waals surface area contributed by atoms with E-state index >= 15 is 0 Å². The molecule has 0 amide bonds. The second-order valence-corrected chi connectivity index (χ2v) is 7.07. The standard InChI is InChI=1S/C20H18N2O2S/c1-2-16-13-14-20(19(15-16)17-9-5-3-6-10-17)25(23,24)22-21-18-11-7-4-8-12-18/h2-15,21-22H,1H2. The van der Waals surface area contributed by atoms with Gasteiger partial charge in [-0.2, -0.15) is 0 Å². The Morgan fingerprint density at radius 3 is 2.12 bits per heavy atom. The van der Waals surface area contributed by atoms with E-state index in [1.54, 1.807) is 30.3 Å². The van der Waals surface area contributed by atoms with Gasteiger partial charge < -0.3 is 5.43 Å². The van der Waals surface area contributed by atoms with Gasteiger partial charge in [0.2, 0.25) is 0 Å². The Balaban J connectivity index is 1.99. The van der Waals surface area contributed by atoms with Gasteiger partial charge in [-0.05, 0) is 35.4 Å². The van der Waals surface area contributed by atoms with E-state index in [4.69, 9.17) is 0 Å². The second kappa shape index (κ2) is 7.34. The van der Waals surface area contributed by atoms with E-state index in [1.807, 2.05) is 54.6 Å². The van der Waals surface area contributed by atoms with Gasteiger partial charge in [-0.1, -0.05) is 67.3 Å². The summed E-state index contributed by atoms with van der Waals surface area (Å²) in [6, 6.07) is 23.6. The largest absolute Gasteiger partial charge is 0.308 e. The van der Waals surface area contributed by atoms with Crippen LogP contribution in [0.5, 0.6) is 0 Å². The molecule has 0 aliphatic carbocycles. The van der Waals surface area contributed by atoms with Crippen molar-refractivity contribution in [2.45, 2.75) is 4.90 Å². The Morgan fingerprint density at radius 1 is 0.840 bits per heavy atom. The quantitative estimate of drug-likeness (QED) is 0.652. The molecule has 3 aromatic carbocycles. The molecule has 0 bridgehead atoms. The summed E-state index contributed by atoms with van der Waals surface area (Å²) in [5.74, 6) is 0. The molecule has 0 radical (unpaired) electrons. The van der Waals surface area contributed by atoms with E-state index in [0.717, 1.165) is 11.1 Å². The molecule has 0 unspecified atom stereocenters. The zero-order valence-electron chi connectivity index (χ0n) is 13.5. The highest BCUT2D eigenvalue weighted by Crippen LogP contribution is 2.28. The number of anilines is 1. The summed E-state index contributed by atoms with van der Waals surface area (Å²) < 4.78 is 25.6. The van der Waals surface area contributed by atoms with Gasteiger partial charge in [0.15, 0.2) is 0 Å². The van der Waals surface area contributed by atoms with Gasteiger partial charge in [-0.15, -0.1) is 4.83 Å². The molecular formula is C20H18N2O2S. The molecule has 25 heavy (non-hydrogen) atoms. The lowest BCUT2D eigenvalue weighted by Gasteiger charge is -2.14. The normalized spacial score (nSPS) is 11.0. The molecule has 0 aliphatic heterocycles. The summed E-state index contributed by atoms with van der Waals surface area (Å²) in [7, 11) is -3.76. The van der Waals surface area contributed by atoms with Gasteiger partial charge in [-0.3, -0.25) is 0 Å². The van der Waals surface area contributed by atoms with Crippen LogP contribution < -0.4 is 10.3 Å². The van der Waals surface area contributed by atoms with Crippen LogP contribution in [0.15, 0.2) is 90.3 Å².